The monoisotopic (exact) mass is 292 g/mol. The van der Waals surface area contributed by atoms with Crippen molar-refractivity contribution in [1.29, 1.82) is 0 Å². The third kappa shape index (κ3) is 3.77. The van der Waals surface area contributed by atoms with E-state index in [1.165, 1.54) is 16.5 Å². The molecule has 0 radical (unpaired) electrons. The van der Waals surface area contributed by atoms with Crippen LogP contribution in [0.3, 0.4) is 0 Å². The van der Waals surface area contributed by atoms with Crippen LogP contribution in [-0.2, 0) is 13.1 Å². The van der Waals surface area contributed by atoms with Gasteiger partial charge in [-0.15, -0.1) is 0 Å². The van der Waals surface area contributed by atoms with Gasteiger partial charge in [0.2, 0.25) is 0 Å². The van der Waals surface area contributed by atoms with Gasteiger partial charge in [-0.05, 0) is 36.1 Å². The van der Waals surface area contributed by atoms with Crippen molar-refractivity contribution in [3.63, 3.8) is 0 Å². The third-order valence-corrected chi connectivity index (χ3v) is 3.59. The van der Waals surface area contributed by atoms with Crippen LogP contribution >= 0.6 is 11.6 Å². The van der Waals surface area contributed by atoms with E-state index >= 15 is 0 Å². The van der Waals surface area contributed by atoms with Crippen molar-refractivity contribution in [2.75, 3.05) is 6.54 Å². The Bertz CT molecular complexity index is 570. The van der Waals surface area contributed by atoms with Crippen LogP contribution in [0.25, 0.3) is 10.9 Å². The zero-order valence-electron chi connectivity index (χ0n) is 12.9. The molecule has 0 atom stereocenters. The average molecular weight is 293 g/mol. The molecule has 0 aliphatic heterocycles. The summed E-state index contributed by atoms with van der Waals surface area (Å²) in [5, 5.41) is 5.65. The predicted octanol–water partition coefficient (Wildman–Crippen LogP) is 4.70. The zero-order chi connectivity index (χ0) is 14.7. The molecule has 0 bridgehead atoms. The quantitative estimate of drug-likeness (QED) is 0.817. The van der Waals surface area contributed by atoms with Gasteiger partial charge in [0.05, 0.1) is 0 Å². The van der Waals surface area contributed by atoms with E-state index in [-0.39, 0.29) is 0 Å². The highest BCUT2D eigenvalue weighted by atomic mass is 35.5. The highest BCUT2D eigenvalue weighted by Crippen LogP contribution is 2.25. The molecule has 1 N–H and O–H groups in total. The van der Waals surface area contributed by atoms with Crippen LogP contribution in [-0.4, -0.2) is 11.1 Å². The average Bonchev–Trinajstić information content (AvgIpc) is 2.66. The molecule has 3 heteroatoms. The van der Waals surface area contributed by atoms with Crippen molar-refractivity contribution < 1.29 is 0 Å². The van der Waals surface area contributed by atoms with Gasteiger partial charge >= 0.3 is 0 Å². The van der Waals surface area contributed by atoms with Gasteiger partial charge in [0.25, 0.3) is 0 Å². The van der Waals surface area contributed by atoms with E-state index in [1.807, 2.05) is 6.07 Å². The van der Waals surface area contributed by atoms with Crippen molar-refractivity contribution in [3.05, 3.63) is 35.0 Å². The van der Waals surface area contributed by atoms with Gasteiger partial charge in [-0.3, -0.25) is 0 Å². The minimum Gasteiger partial charge on any atom is -0.347 e. The van der Waals surface area contributed by atoms with E-state index < -0.39 is 0 Å². The van der Waals surface area contributed by atoms with E-state index in [2.05, 4.69) is 55.9 Å². The molecule has 0 spiro atoms. The number of benzene rings is 1. The summed E-state index contributed by atoms with van der Waals surface area (Å²) in [5.74, 6) is 1.30. The van der Waals surface area contributed by atoms with Gasteiger partial charge in [-0.2, -0.15) is 0 Å². The molecule has 0 saturated carbocycles. The van der Waals surface area contributed by atoms with Gasteiger partial charge in [0.15, 0.2) is 0 Å². The fourth-order valence-electron chi connectivity index (χ4n) is 2.52. The van der Waals surface area contributed by atoms with E-state index in [4.69, 9.17) is 11.6 Å². The Balaban J connectivity index is 2.29. The lowest BCUT2D eigenvalue weighted by Crippen LogP contribution is -2.18. The molecule has 0 amide bonds. The standard InChI is InChI=1S/C17H25ClN2/c1-12(2)8-19-9-14-11-20(10-13(3)4)17-7-15(18)5-6-16(14)17/h5-7,11-13,19H,8-10H2,1-4H3. The lowest BCUT2D eigenvalue weighted by atomic mass is 10.1. The van der Waals surface area contributed by atoms with Gasteiger partial charge < -0.3 is 9.88 Å². The van der Waals surface area contributed by atoms with Gasteiger partial charge in [-0.25, -0.2) is 0 Å². The molecule has 0 unspecified atom stereocenters. The molecule has 1 heterocycles. The lowest BCUT2D eigenvalue weighted by Gasteiger charge is -2.08. The first-order valence-corrected chi connectivity index (χ1v) is 7.83. The van der Waals surface area contributed by atoms with Gasteiger partial charge in [0.1, 0.15) is 0 Å². The SMILES string of the molecule is CC(C)CNCc1cn(CC(C)C)c2cc(Cl)ccc12. The summed E-state index contributed by atoms with van der Waals surface area (Å²) in [7, 11) is 0. The molecule has 2 rings (SSSR count). The van der Waals surface area contributed by atoms with Crippen molar-refractivity contribution in [2.45, 2.75) is 40.8 Å². The van der Waals surface area contributed by atoms with Crippen LogP contribution in [0.1, 0.15) is 33.3 Å². The number of nitrogens with zero attached hydrogens (tertiary/aromatic N) is 1. The van der Waals surface area contributed by atoms with E-state index in [9.17, 15) is 0 Å². The third-order valence-electron chi connectivity index (χ3n) is 3.36. The highest BCUT2D eigenvalue weighted by Gasteiger charge is 2.10. The first-order valence-electron chi connectivity index (χ1n) is 7.45. The normalized spacial score (nSPS) is 11.9. The van der Waals surface area contributed by atoms with Crippen LogP contribution in [0.4, 0.5) is 0 Å². The highest BCUT2D eigenvalue weighted by molar-refractivity contribution is 6.31. The molecule has 2 aromatic rings. The fraction of sp³-hybridized carbons (Fsp3) is 0.529. The largest absolute Gasteiger partial charge is 0.347 e. The lowest BCUT2D eigenvalue weighted by molar-refractivity contribution is 0.530. The molecule has 0 aliphatic rings. The number of fused-ring (bicyclic) bond motifs is 1. The maximum Gasteiger partial charge on any atom is 0.0498 e. The molecule has 0 aliphatic carbocycles. The molecule has 2 nitrogen and oxygen atoms in total. The molecule has 20 heavy (non-hydrogen) atoms. The summed E-state index contributed by atoms with van der Waals surface area (Å²) >= 11 is 6.15. The van der Waals surface area contributed by atoms with Crippen LogP contribution in [0.5, 0.6) is 0 Å². The van der Waals surface area contributed by atoms with Crippen LogP contribution < -0.4 is 5.32 Å². The Hall–Kier alpha value is -0.990. The maximum atomic E-state index is 6.15. The molecule has 1 aromatic heterocycles. The number of rotatable bonds is 6. The molecular weight excluding hydrogens is 268 g/mol. The number of nitrogens with one attached hydrogen (secondary N) is 1. The first-order chi connectivity index (χ1) is 9.47. The molecule has 1 aromatic carbocycles. The molecule has 0 fully saturated rings. The Morgan fingerprint density at radius 2 is 1.90 bits per heavy atom. The number of halogens is 1. The van der Waals surface area contributed by atoms with Gasteiger partial charge in [-0.1, -0.05) is 45.4 Å². The van der Waals surface area contributed by atoms with Gasteiger partial charge in [0, 0.05) is 35.2 Å². The number of hydrogen-bond donors (Lipinski definition) is 1. The second-order valence-corrected chi connectivity index (χ2v) is 6.82. The summed E-state index contributed by atoms with van der Waals surface area (Å²) in [6.45, 7) is 11.9. The second kappa shape index (κ2) is 6.64. The van der Waals surface area contributed by atoms with E-state index in [1.54, 1.807) is 0 Å². The Morgan fingerprint density at radius 1 is 1.15 bits per heavy atom. The van der Waals surface area contributed by atoms with Crippen molar-refractivity contribution in [2.24, 2.45) is 11.8 Å². The Kier molecular flexibility index (Phi) is 5.11. The number of aromatic nitrogens is 1. The van der Waals surface area contributed by atoms with Crippen LogP contribution in [0, 0.1) is 11.8 Å². The summed E-state index contributed by atoms with van der Waals surface area (Å²) in [6, 6.07) is 6.20. The molecule has 0 saturated heterocycles. The maximum absolute atomic E-state index is 6.15. The molecular formula is C17H25ClN2. The Labute approximate surface area is 127 Å². The Morgan fingerprint density at radius 3 is 2.55 bits per heavy atom. The van der Waals surface area contributed by atoms with E-state index in [0.717, 1.165) is 24.7 Å². The summed E-state index contributed by atoms with van der Waals surface area (Å²) in [5.41, 5.74) is 2.60. The van der Waals surface area contributed by atoms with E-state index in [0.29, 0.717) is 11.8 Å². The summed E-state index contributed by atoms with van der Waals surface area (Å²) < 4.78 is 2.33. The zero-order valence-corrected chi connectivity index (χ0v) is 13.7. The van der Waals surface area contributed by atoms with Crippen LogP contribution in [0.15, 0.2) is 24.4 Å². The smallest absolute Gasteiger partial charge is 0.0498 e. The fourth-order valence-corrected chi connectivity index (χ4v) is 2.69. The predicted molar refractivity (Wildman–Crippen MR) is 88.3 cm³/mol. The van der Waals surface area contributed by atoms with Crippen molar-refractivity contribution >= 4 is 22.5 Å². The van der Waals surface area contributed by atoms with Crippen LogP contribution in [0.2, 0.25) is 5.02 Å². The van der Waals surface area contributed by atoms with Crippen molar-refractivity contribution in [1.82, 2.24) is 9.88 Å². The summed E-state index contributed by atoms with van der Waals surface area (Å²) in [6.07, 6.45) is 2.27. The minimum atomic E-state index is 0.626. The minimum absolute atomic E-state index is 0.626. The molecule has 110 valence electrons. The second-order valence-electron chi connectivity index (χ2n) is 6.39. The topological polar surface area (TPSA) is 17.0 Å². The number of hydrogen-bond acceptors (Lipinski definition) is 1. The van der Waals surface area contributed by atoms with Crippen molar-refractivity contribution in [3.8, 4) is 0 Å². The first kappa shape index (κ1) is 15.4. The summed E-state index contributed by atoms with van der Waals surface area (Å²) in [4.78, 5) is 0.